The van der Waals surface area contributed by atoms with Gasteiger partial charge in [0.15, 0.2) is 5.13 Å². The Morgan fingerprint density at radius 3 is 2.61 bits per heavy atom. The molecule has 2 nitrogen and oxygen atoms in total. The highest BCUT2D eigenvalue weighted by atomic mass is 79.9. The maximum Gasteiger partial charge on any atom is 0.184 e. The van der Waals surface area contributed by atoms with E-state index in [4.69, 9.17) is 4.98 Å². The Bertz CT molecular complexity index is 574. The van der Waals surface area contributed by atoms with E-state index < -0.39 is 0 Å². The van der Waals surface area contributed by atoms with Crippen LogP contribution in [0.2, 0.25) is 0 Å². The van der Waals surface area contributed by atoms with E-state index in [-0.39, 0.29) is 0 Å². The van der Waals surface area contributed by atoms with Crippen molar-refractivity contribution in [1.82, 2.24) is 4.98 Å². The van der Waals surface area contributed by atoms with Crippen molar-refractivity contribution in [3.63, 3.8) is 0 Å². The molecule has 0 unspecified atom stereocenters. The number of anilines is 1. The lowest BCUT2D eigenvalue weighted by atomic mass is 10.1. The van der Waals surface area contributed by atoms with Crippen LogP contribution in [0.5, 0.6) is 0 Å². The summed E-state index contributed by atoms with van der Waals surface area (Å²) < 4.78 is 2.37. The monoisotopic (exact) mass is 322 g/mol. The highest BCUT2D eigenvalue weighted by Crippen LogP contribution is 2.46. The normalized spacial score (nSPS) is 19.7. The summed E-state index contributed by atoms with van der Waals surface area (Å²) in [5.74, 6) is 1.83. The first-order chi connectivity index (χ1) is 8.79. The number of hydrogen-bond donors (Lipinski definition) is 1. The molecule has 0 bridgehead atoms. The number of rotatable bonds is 4. The van der Waals surface area contributed by atoms with Gasteiger partial charge in [-0.1, -0.05) is 27.3 Å². The van der Waals surface area contributed by atoms with Crippen molar-refractivity contribution in [3.8, 4) is 0 Å². The van der Waals surface area contributed by atoms with Gasteiger partial charge in [-0.2, -0.15) is 0 Å². The Kier molecular flexibility index (Phi) is 2.62. The quantitative estimate of drug-likeness (QED) is 0.885. The van der Waals surface area contributed by atoms with Crippen molar-refractivity contribution in [2.75, 3.05) is 5.32 Å². The molecule has 2 aliphatic carbocycles. The minimum atomic E-state index is 0.689. The maximum absolute atomic E-state index is 4.71. The third-order valence-corrected chi connectivity index (χ3v) is 5.36. The Morgan fingerprint density at radius 1 is 1.22 bits per heavy atom. The molecule has 4 heteroatoms. The molecule has 0 aliphatic heterocycles. The van der Waals surface area contributed by atoms with Gasteiger partial charge in [-0.25, -0.2) is 4.98 Å². The van der Waals surface area contributed by atoms with E-state index in [1.165, 1.54) is 30.4 Å². The number of thiazole rings is 1. The van der Waals surface area contributed by atoms with Crippen LogP contribution in [0.25, 0.3) is 10.2 Å². The van der Waals surface area contributed by atoms with Crippen LogP contribution in [0.1, 0.15) is 25.7 Å². The van der Waals surface area contributed by atoms with Gasteiger partial charge in [-0.3, -0.25) is 0 Å². The summed E-state index contributed by atoms with van der Waals surface area (Å²) in [5, 5.41) is 4.81. The number of fused-ring (bicyclic) bond motifs is 1. The molecule has 1 N–H and O–H groups in total. The molecule has 18 heavy (non-hydrogen) atoms. The van der Waals surface area contributed by atoms with Crippen molar-refractivity contribution in [3.05, 3.63) is 22.7 Å². The summed E-state index contributed by atoms with van der Waals surface area (Å²) in [6, 6.07) is 7.02. The number of hydrogen-bond acceptors (Lipinski definition) is 3. The molecule has 0 atom stereocenters. The van der Waals surface area contributed by atoms with Gasteiger partial charge in [-0.05, 0) is 55.7 Å². The van der Waals surface area contributed by atoms with Gasteiger partial charge in [-0.15, -0.1) is 0 Å². The van der Waals surface area contributed by atoms with E-state index in [2.05, 4.69) is 39.4 Å². The predicted molar refractivity (Wildman–Crippen MR) is 80.2 cm³/mol. The molecular formula is C14H15BrN2S. The van der Waals surface area contributed by atoms with Crippen LogP contribution in [0.3, 0.4) is 0 Å². The summed E-state index contributed by atoms with van der Waals surface area (Å²) in [4.78, 5) is 4.71. The van der Waals surface area contributed by atoms with Gasteiger partial charge in [0.05, 0.1) is 10.2 Å². The fourth-order valence-electron chi connectivity index (χ4n) is 2.64. The van der Waals surface area contributed by atoms with Gasteiger partial charge < -0.3 is 5.32 Å². The van der Waals surface area contributed by atoms with Gasteiger partial charge in [0, 0.05) is 10.5 Å². The molecule has 1 aromatic heterocycles. The molecule has 2 fully saturated rings. The second-order valence-corrected chi connectivity index (χ2v) is 7.42. The summed E-state index contributed by atoms with van der Waals surface area (Å²) in [6.07, 6.45) is 5.63. The smallest absolute Gasteiger partial charge is 0.184 e. The minimum absolute atomic E-state index is 0.689. The SMILES string of the molecule is Brc1ccc2sc(NC(C3CC3)C3CC3)nc2c1. The molecule has 1 aromatic carbocycles. The zero-order chi connectivity index (χ0) is 12.1. The largest absolute Gasteiger partial charge is 0.358 e. The van der Waals surface area contributed by atoms with E-state index in [0.29, 0.717) is 6.04 Å². The Hall–Kier alpha value is -0.610. The minimum Gasteiger partial charge on any atom is -0.358 e. The van der Waals surface area contributed by atoms with E-state index in [1.807, 2.05) is 0 Å². The number of aromatic nitrogens is 1. The van der Waals surface area contributed by atoms with Crippen LogP contribution in [0.15, 0.2) is 22.7 Å². The molecule has 0 radical (unpaired) electrons. The van der Waals surface area contributed by atoms with E-state index >= 15 is 0 Å². The standard InChI is InChI=1S/C14H15BrN2S/c15-10-5-6-12-11(7-10)16-14(18-12)17-13(8-1-2-8)9-3-4-9/h5-9,13H,1-4H2,(H,16,17). The fourth-order valence-corrected chi connectivity index (χ4v) is 3.88. The average molecular weight is 323 g/mol. The van der Waals surface area contributed by atoms with Crippen LogP contribution in [0, 0.1) is 11.8 Å². The van der Waals surface area contributed by atoms with Crippen LogP contribution in [0.4, 0.5) is 5.13 Å². The number of nitrogens with one attached hydrogen (secondary N) is 1. The molecule has 0 saturated heterocycles. The van der Waals surface area contributed by atoms with E-state index in [0.717, 1.165) is 27.0 Å². The first-order valence-electron chi connectivity index (χ1n) is 6.62. The zero-order valence-corrected chi connectivity index (χ0v) is 12.4. The molecule has 2 aromatic rings. The third-order valence-electron chi connectivity index (χ3n) is 3.90. The van der Waals surface area contributed by atoms with Crippen LogP contribution in [-0.4, -0.2) is 11.0 Å². The van der Waals surface area contributed by atoms with Crippen LogP contribution >= 0.6 is 27.3 Å². The second kappa shape index (κ2) is 4.20. The number of benzene rings is 1. The summed E-state index contributed by atoms with van der Waals surface area (Å²) >= 11 is 5.28. The van der Waals surface area contributed by atoms with Crippen LogP contribution in [-0.2, 0) is 0 Å². The molecule has 0 amide bonds. The van der Waals surface area contributed by atoms with Gasteiger partial charge in [0.1, 0.15) is 0 Å². The highest BCUT2D eigenvalue weighted by molar-refractivity contribution is 9.10. The van der Waals surface area contributed by atoms with Crippen molar-refractivity contribution >= 4 is 42.6 Å². The van der Waals surface area contributed by atoms with E-state index in [9.17, 15) is 0 Å². The topological polar surface area (TPSA) is 24.9 Å². The lowest BCUT2D eigenvalue weighted by molar-refractivity contribution is 0.567. The molecule has 1 heterocycles. The Morgan fingerprint density at radius 2 is 1.94 bits per heavy atom. The lowest BCUT2D eigenvalue weighted by Gasteiger charge is -2.16. The van der Waals surface area contributed by atoms with Crippen molar-refractivity contribution in [2.24, 2.45) is 11.8 Å². The van der Waals surface area contributed by atoms with Gasteiger partial charge in [0.2, 0.25) is 0 Å². The highest BCUT2D eigenvalue weighted by Gasteiger charge is 2.41. The summed E-state index contributed by atoms with van der Waals surface area (Å²) in [5.41, 5.74) is 1.10. The van der Waals surface area contributed by atoms with Crippen LogP contribution < -0.4 is 5.32 Å². The Labute approximate surface area is 119 Å². The van der Waals surface area contributed by atoms with Crippen molar-refractivity contribution in [2.45, 2.75) is 31.7 Å². The first kappa shape index (κ1) is 11.2. The lowest BCUT2D eigenvalue weighted by Crippen LogP contribution is -2.23. The average Bonchev–Trinajstić information content (AvgIpc) is 3.23. The molecule has 0 spiro atoms. The fraction of sp³-hybridized carbons (Fsp3) is 0.500. The van der Waals surface area contributed by atoms with Crippen molar-refractivity contribution in [1.29, 1.82) is 0 Å². The first-order valence-corrected chi connectivity index (χ1v) is 8.23. The third kappa shape index (κ3) is 2.16. The zero-order valence-electron chi connectivity index (χ0n) is 10.0. The Balaban J connectivity index is 1.61. The number of halogens is 1. The molecule has 2 aliphatic rings. The molecule has 94 valence electrons. The van der Waals surface area contributed by atoms with Crippen molar-refractivity contribution < 1.29 is 0 Å². The molecule has 2 saturated carbocycles. The van der Waals surface area contributed by atoms with Gasteiger partial charge in [0.25, 0.3) is 0 Å². The summed E-state index contributed by atoms with van der Waals surface area (Å²) in [7, 11) is 0. The number of nitrogens with zero attached hydrogens (tertiary/aromatic N) is 1. The maximum atomic E-state index is 4.71. The van der Waals surface area contributed by atoms with Gasteiger partial charge >= 0.3 is 0 Å². The molecular weight excluding hydrogens is 308 g/mol. The predicted octanol–water partition coefficient (Wildman–Crippen LogP) is 4.66. The molecule has 4 rings (SSSR count). The van der Waals surface area contributed by atoms with E-state index in [1.54, 1.807) is 11.3 Å². The summed E-state index contributed by atoms with van der Waals surface area (Å²) in [6.45, 7) is 0. The second-order valence-electron chi connectivity index (χ2n) is 5.48.